The molecule has 1 aliphatic heterocycles. The van der Waals surface area contributed by atoms with E-state index in [4.69, 9.17) is 5.11 Å². The van der Waals surface area contributed by atoms with Gasteiger partial charge in [-0.3, -0.25) is 0 Å². The summed E-state index contributed by atoms with van der Waals surface area (Å²) in [5.74, 6) is 0.452. The number of nitrogens with zero attached hydrogens (tertiary/aromatic N) is 1. The summed E-state index contributed by atoms with van der Waals surface area (Å²) in [5.41, 5.74) is 0. The van der Waals surface area contributed by atoms with Crippen molar-refractivity contribution in [2.45, 2.75) is 0 Å². The highest BCUT2D eigenvalue weighted by Crippen LogP contribution is 2.16. The van der Waals surface area contributed by atoms with E-state index in [1.54, 1.807) is 0 Å². The molecule has 0 saturated carbocycles. The topological polar surface area (TPSA) is 40.5 Å². The minimum atomic E-state index is -0.807. The molecule has 1 N–H and O–H groups in total. The number of rotatable bonds is 1. The van der Waals surface area contributed by atoms with Crippen LogP contribution in [-0.2, 0) is 0 Å². The number of amides is 1. The van der Waals surface area contributed by atoms with Gasteiger partial charge in [0.1, 0.15) is 0 Å². The van der Waals surface area contributed by atoms with Crippen LogP contribution in [0.1, 0.15) is 0 Å². The van der Waals surface area contributed by atoms with Gasteiger partial charge < -0.3 is 10.0 Å². The summed E-state index contributed by atoms with van der Waals surface area (Å²) in [6.45, 7) is 1.32. The van der Waals surface area contributed by atoms with Gasteiger partial charge in [-0.25, -0.2) is 4.79 Å². The highest BCUT2D eigenvalue weighted by molar-refractivity contribution is 14.1. The van der Waals surface area contributed by atoms with Crippen LogP contribution in [0.5, 0.6) is 0 Å². The lowest BCUT2D eigenvalue weighted by Crippen LogP contribution is -2.48. The first kappa shape index (κ1) is 7.84. The zero-order chi connectivity index (χ0) is 7.56. The van der Waals surface area contributed by atoms with Crippen LogP contribution in [0.25, 0.3) is 0 Å². The van der Waals surface area contributed by atoms with E-state index in [1.165, 1.54) is 4.90 Å². The second-order valence-electron chi connectivity index (χ2n) is 2.27. The van der Waals surface area contributed by atoms with Gasteiger partial charge in [-0.15, -0.1) is 0 Å². The van der Waals surface area contributed by atoms with Gasteiger partial charge in [-0.2, -0.15) is 0 Å². The van der Waals surface area contributed by atoms with E-state index in [1.807, 2.05) is 10.2 Å². The molecule has 56 valence electrons. The fraction of sp³-hybridized carbons (Fsp3) is 0.500. The van der Waals surface area contributed by atoms with E-state index in [-0.39, 0.29) is 0 Å². The molecule has 0 radical (unpaired) electrons. The van der Waals surface area contributed by atoms with Crippen molar-refractivity contribution in [2.75, 3.05) is 13.1 Å². The van der Waals surface area contributed by atoms with Gasteiger partial charge in [0.05, 0.1) is 0 Å². The Morgan fingerprint density at radius 2 is 2.30 bits per heavy atom. The molecule has 0 spiro atoms. The molecule has 4 heteroatoms. The second kappa shape index (κ2) is 3.23. The molecule has 0 atom stereocenters. The number of hydrogen-bond acceptors (Lipinski definition) is 1. The molecule has 3 nitrogen and oxygen atoms in total. The monoisotopic (exact) mass is 253 g/mol. The van der Waals surface area contributed by atoms with Gasteiger partial charge >= 0.3 is 6.09 Å². The van der Waals surface area contributed by atoms with E-state index in [9.17, 15) is 4.79 Å². The summed E-state index contributed by atoms with van der Waals surface area (Å²) < 4.78 is 1.93. The van der Waals surface area contributed by atoms with Crippen LogP contribution >= 0.6 is 22.6 Å². The molecule has 0 unspecified atom stereocenters. The lowest BCUT2D eigenvalue weighted by Gasteiger charge is -2.34. The van der Waals surface area contributed by atoms with Crippen LogP contribution < -0.4 is 0 Å². The Hall–Kier alpha value is -0.260. The van der Waals surface area contributed by atoms with E-state index in [0.717, 1.165) is 0 Å². The maximum Gasteiger partial charge on any atom is 0.407 e. The Balaban J connectivity index is 2.24. The Labute approximate surface area is 72.8 Å². The first-order chi connectivity index (χ1) is 4.74. The SMILES string of the molecule is O=C(O)N1CC(/C=C/I)C1. The maximum atomic E-state index is 10.2. The molecule has 1 rings (SSSR count). The van der Waals surface area contributed by atoms with Gasteiger partial charge in [0.25, 0.3) is 0 Å². The number of halogens is 1. The Bertz CT molecular complexity index is 163. The largest absolute Gasteiger partial charge is 0.465 e. The normalized spacial score (nSPS) is 19.5. The zero-order valence-corrected chi connectivity index (χ0v) is 7.48. The summed E-state index contributed by atoms with van der Waals surface area (Å²) in [4.78, 5) is 11.6. The number of likely N-dealkylation sites (tertiary alicyclic amines) is 1. The maximum absolute atomic E-state index is 10.2. The molecular formula is C6H8INO2. The van der Waals surface area contributed by atoms with Crippen LogP contribution in [0.2, 0.25) is 0 Å². The third kappa shape index (κ3) is 1.62. The molecule has 0 aromatic carbocycles. The van der Waals surface area contributed by atoms with Gasteiger partial charge in [0.15, 0.2) is 0 Å². The highest BCUT2D eigenvalue weighted by Gasteiger charge is 2.27. The molecule has 1 heterocycles. The van der Waals surface area contributed by atoms with E-state index >= 15 is 0 Å². The quantitative estimate of drug-likeness (QED) is 0.720. The van der Waals surface area contributed by atoms with Crippen molar-refractivity contribution >= 4 is 28.7 Å². The average Bonchev–Trinajstić information content (AvgIpc) is 1.76. The van der Waals surface area contributed by atoms with Crippen LogP contribution in [0.4, 0.5) is 4.79 Å². The van der Waals surface area contributed by atoms with E-state index in [0.29, 0.717) is 19.0 Å². The molecular weight excluding hydrogens is 245 g/mol. The van der Waals surface area contributed by atoms with Gasteiger partial charge in [-0.05, 0) is 4.08 Å². The van der Waals surface area contributed by atoms with Crippen molar-refractivity contribution in [2.24, 2.45) is 5.92 Å². The van der Waals surface area contributed by atoms with E-state index in [2.05, 4.69) is 22.6 Å². The average molecular weight is 253 g/mol. The molecule has 0 aliphatic carbocycles. The summed E-state index contributed by atoms with van der Waals surface area (Å²) in [6.07, 6.45) is 1.22. The molecule has 0 bridgehead atoms. The van der Waals surface area contributed by atoms with Crippen molar-refractivity contribution in [3.8, 4) is 0 Å². The molecule has 0 aromatic rings. The van der Waals surface area contributed by atoms with E-state index < -0.39 is 6.09 Å². The fourth-order valence-electron chi connectivity index (χ4n) is 0.893. The van der Waals surface area contributed by atoms with Crippen molar-refractivity contribution in [1.29, 1.82) is 0 Å². The Morgan fingerprint density at radius 1 is 1.70 bits per heavy atom. The first-order valence-electron chi connectivity index (χ1n) is 2.99. The Morgan fingerprint density at radius 3 is 2.70 bits per heavy atom. The van der Waals surface area contributed by atoms with Crippen LogP contribution in [-0.4, -0.2) is 29.2 Å². The standard InChI is InChI=1S/C6H8INO2/c7-2-1-5-3-8(4-5)6(9)10/h1-2,5H,3-4H2,(H,9,10)/b2-1+. The van der Waals surface area contributed by atoms with Gasteiger partial charge in [0, 0.05) is 19.0 Å². The molecule has 0 aromatic heterocycles. The van der Waals surface area contributed by atoms with Crippen molar-refractivity contribution in [3.63, 3.8) is 0 Å². The highest BCUT2D eigenvalue weighted by atomic mass is 127. The molecule has 10 heavy (non-hydrogen) atoms. The predicted octanol–water partition coefficient (Wildman–Crippen LogP) is 1.54. The third-order valence-electron chi connectivity index (χ3n) is 1.53. The minimum absolute atomic E-state index is 0.452. The fourth-order valence-corrected chi connectivity index (χ4v) is 1.48. The van der Waals surface area contributed by atoms with Gasteiger partial charge in [0.2, 0.25) is 0 Å². The third-order valence-corrected chi connectivity index (χ3v) is 1.94. The predicted molar refractivity (Wildman–Crippen MR) is 46.2 cm³/mol. The zero-order valence-electron chi connectivity index (χ0n) is 5.33. The van der Waals surface area contributed by atoms with Crippen molar-refractivity contribution in [3.05, 3.63) is 10.2 Å². The summed E-state index contributed by atoms with van der Waals surface area (Å²) in [6, 6.07) is 0. The van der Waals surface area contributed by atoms with Crippen LogP contribution in [0.15, 0.2) is 10.2 Å². The lowest BCUT2D eigenvalue weighted by molar-refractivity contribution is 0.0974. The van der Waals surface area contributed by atoms with Gasteiger partial charge in [-0.1, -0.05) is 28.7 Å². The Kier molecular flexibility index (Phi) is 2.53. The molecule has 1 saturated heterocycles. The summed E-state index contributed by atoms with van der Waals surface area (Å²) in [5, 5.41) is 8.42. The lowest BCUT2D eigenvalue weighted by atomic mass is 10.0. The number of carboxylic acid groups (broad SMARTS) is 1. The smallest absolute Gasteiger partial charge is 0.407 e. The molecule has 1 aliphatic rings. The van der Waals surface area contributed by atoms with Crippen LogP contribution in [0.3, 0.4) is 0 Å². The first-order valence-corrected chi connectivity index (χ1v) is 4.23. The van der Waals surface area contributed by atoms with Crippen molar-refractivity contribution in [1.82, 2.24) is 4.90 Å². The summed E-state index contributed by atoms with van der Waals surface area (Å²) in [7, 11) is 0. The van der Waals surface area contributed by atoms with Crippen molar-refractivity contribution < 1.29 is 9.90 Å². The number of carbonyl (C=O) groups is 1. The second-order valence-corrected chi connectivity index (χ2v) is 2.99. The summed E-state index contributed by atoms with van der Waals surface area (Å²) >= 11 is 2.14. The minimum Gasteiger partial charge on any atom is -0.465 e. The molecule has 1 amide bonds. The molecule has 1 fully saturated rings. The van der Waals surface area contributed by atoms with Crippen LogP contribution in [0, 0.1) is 5.92 Å². The number of hydrogen-bond donors (Lipinski definition) is 1.